The zero-order valence-corrected chi connectivity index (χ0v) is 18.3. The van der Waals surface area contributed by atoms with Crippen molar-refractivity contribution in [2.75, 3.05) is 12.4 Å². The summed E-state index contributed by atoms with van der Waals surface area (Å²) in [6, 6.07) is 15.2. The number of carbonyl (C=O) groups excluding carboxylic acids is 2. The molecular formula is C22H20ClN7O3. The largest absolute Gasteiger partial charge is 0.466 e. The molecule has 2 aliphatic rings. The summed E-state index contributed by atoms with van der Waals surface area (Å²) in [7, 11) is 1.42. The maximum Gasteiger partial charge on any atom is 0.331 e. The molecule has 0 bridgehead atoms. The van der Waals surface area contributed by atoms with Gasteiger partial charge in [-0.15, -0.1) is 0 Å². The van der Waals surface area contributed by atoms with E-state index in [1.807, 2.05) is 18.2 Å². The Labute approximate surface area is 195 Å². The summed E-state index contributed by atoms with van der Waals surface area (Å²) in [5.41, 5.74) is 1.80. The molecule has 0 saturated carbocycles. The third-order valence-electron chi connectivity index (χ3n) is 4.94. The van der Waals surface area contributed by atoms with Crippen LogP contribution in [0.3, 0.4) is 0 Å². The standard InChI is InChI=1S/C22H20ClN7O3/c1-29-21(31)28-20(30(22(29)32)13-14-2-4-15(23)5-3-14)27-16-6-8-18(9-7-16)33-19-12-25-17(10-24)11-26-19/h2-9,11-12,19-20,26-27H,13H2,1H3,(H,28,31). The number of nitrogens with zero attached hydrogens (tertiary/aromatic N) is 4. The molecule has 0 spiro atoms. The maximum atomic E-state index is 12.8. The highest BCUT2D eigenvalue weighted by atomic mass is 35.5. The first-order valence-electron chi connectivity index (χ1n) is 9.96. The second kappa shape index (κ2) is 9.50. The fraction of sp³-hybridized carbons (Fsp3) is 0.182. The highest BCUT2D eigenvalue weighted by Gasteiger charge is 2.36. The van der Waals surface area contributed by atoms with Crippen LogP contribution in [0.1, 0.15) is 5.56 Å². The smallest absolute Gasteiger partial charge is 0.331 e. The van der Waals surface area contributed by atoms with E-state index in [1.54, 1.807) is 36.4 Å². The quantitative estimate of drug-likeness (QED) is 0.602. The number of hydrogen-bond donors (Lipinski definition) is 3. The molecule has 2 aromatic rings. The molecule has 4 amide bonds. The van der Waals surface area contributed by atoms with Gasteiger partial charge >= 0.3 is 12.1 Å². The lowest BCUT2D eigenvalue weighted by Crippen LogP contribution is -2.65. The number of allylic oxidation sites excluding steroid dienone is 1. The van der Waals surface area contributed by atoms with Crippen LogP contribution in [0.4, 0.5) is 15.3 Å². The van der Waals surface area contributed by atoms with Crippen LogP contribution >= 0.6 is 11.6 Å². The van der Waals surface area contributed by atoms with E-state index in [0.29, 0.717) is 16.5 Å². The van der Waals surface area contributed by atoms with Gasteiger partial charge in [0.15, 0.2) is 12.0 Å². The highest BCUT2D eigenvalue weighted by molar-refractivity contribution is 6.30. The van der Waals surface area contributed by atoms with Gasteiger partial charge in [0.2, 0.25) is 6.23 Å². The zero-order valence-electron chi connectivity index (χ0n) is 17.5. The van der Waals surface area contributed by atoms with E-state index in [-0.39, 0.29) is 12.2 Å². The minimum atomic E-state index is -0.759. The minimum Gasteiger partial charge on any atom is -0.466 e. The highest BCUT2D eigenvalue weighted by Crippen LogP contribution is 2.21. The Hall–Kier alpha value is -4.23. The third kappa shape index (κ3) is 5.16. The van der Waals surface area contributed by atoms with Crippen molar-refractivity contribution in [3.8, 4) is 11.8 Å². The summed E-state index contributed by atoms with van der Waals surface area (Å²) in [6.07, 6.45) is 1.72. The van der Waals surface area contributed by atoms with Crippen molar-refractivity contribution in [3.05, 3.63) is 71.0 Å². The van der Waals surface area contributed by atoms with Gasteiger partial charge in [0, 0.05) is 24.0 Å². The van der Waals surface area contributed by atoms with Crippen molar-refractivity contribution < 1.29 is 14.3 Å². The summed E-state index contributed by atoms with van der Waals surface area (Å²) in [5.74, 6) is 0.569. The predicted molar refractivity (Wildman–Crippen MR) is 122 cm³/mol. The number of rotatable bonds is 6. The molecule has 1 saturated heterocycles. The number of anilines is 1. The number of imide groups is 1. The lowest BCUT2D eigenvalue weighted by molar-refractivity contribution is 0.114. The molecular weight excluding hydrogens is 446 g/mol. The molecule has 4 rings (SSSR count). The number of nitriles is 1. The number of halogens is 1. The lowest BCUT2D eigenvalue weighted by atomic mass is 10.2. The molecule has 168 valence electrons. The van der Waals surface area contributed by atoms with E-state index in [0.717, 1.165) is 10.5 Å². The molecule has 0 aliphatic carbocycles. The number of carbonyl (C=O) groups is 2. The summed E-state index contributed by atoms with van der Waals surface area (Å²) in [4.78, 5) is 31.5. The first-order valence-corrected chi connectivity index (χ1v) is 10.3. The maximum absolute atomic E-state index is 12.8. The topological polar surface area (TPSA) is 122 Å². The summed E-state index contributed by atoms with van der Waals surface area (Å²) >= 11 is 5.95. The van der Waals surface area contributed by atoms with Crippen LogP contribution in [-0.2, 0) is 6.54 Å². The minimum absolute atomic E-state index is 0.268. The van der Waals surface area contributed by atoms with Crippen molar-refractivity contribution in [1.29, 1.82) is 5.26 Å². The van der Waals surface area contributed by atoms with Crippen LogP contribution in [0.25, 0.3) is 0 Å². The molecule has 2 aliphatic heterocycles. The first kappa shape index (κ1) is 22.0. The normalized spacial score (nSPS) is 19.8. The third-order valence-corrected chi connectivity index (χ3v) is 5.20. The Kier molecular flexibility index (Phi) is 6.33. The first-order chi connectivity index (χ1) is 15.9. The van der Waals surface area contributed by atoms with E-state index in [1.165, 1.54) is 24.4 Å². The molecule has 2 aromatic carbocycles. The Balaban J connectivity index is 1.44. The van der Waals surface area contributed by atoms with Gasteiger partial charge in [0.25, 0.3) is 0 Å². The molecule has 2 atom stereocenters. The van der Waals surface area contributed by atoms with Crippen LogP contribution in [0.2, 0.25) is 5.02 Å². The van der Waals surface area contributed by atoms with Gasteiger partial charge in [-0.1, -0.05) is 23.7 Å². The molecule has 33 heavy (non-hydrogen) atoms. The number of ether oxygens (including phenoxy) is 1. The number of amides is 4. The molecule has 0 radical (unpaired) electrons. The summed E-state index contributed by atoms with van der Waals surface area (Å²) in [5, 5.41) is 18.3. The molecule has 1 fully saturated rings. The van der Waals surface area contributed by atoms with Gasteiger partial charge in [-0.05, 0) is 42.0 Å². The van der Waals surface area contributed by atoms with Crippen molar-refractivity contribution in [2.45, 2.75) is 19.1 Å². The summed E-state index contributed by atoms with van der Waals surface area (Å²) in [6.45, 7) is 0.268. The van der Waals surface area contributed by atoms with Gasteiger partial charge in [-0.3, -0.25) is 10.2 Å². The van der Waals surface area contributed by atoms with Gasteiger partial charge in [-0.25, -0.2) is 19.5 Å². The van der Waals surface area contributed by atoms with E-state index in [2.05, 4.69) is 20.9 Å². The van der Waals surface area contributed by atoms with Crippen molar-refractivity contribution in [3.63, 3.8) is 0 Å². The molecule has 2 heterocycles. The monoisotopic (exact) mass is 465 g/mol. The van der Waals surface area contributed by atoms with Crippen LogP contribution in [0.5, 0.6) is 5.75 Å². The second-order valence-electron chi connectivity index (χ2n) is 7.24. The number of nitrogens with one attached hydrogen (secondary N) is 3. The molecule has 10 nitrogen and oxygen atoms in total. The Morgan fingerprint density at radius 3 is 2.55 bits per heavy atom. The average Bonchev–Trinajstić information content (AvgIpc) is 2.83. The van der Waals surface area contributed by atoms with Gasteiger partial charge < -0.3 is 15.4 Å². The van der Waals surface area contributed by atoms with Crippen LogP contribution < -0.4 is 20.7 Å². The van der Waals surface area contributed by atoms with Crippen LogP contribution in [0, 0.1) is 11.3 Å². The fourth-order valence-corrected chi connectivity index (χ4v) is 3.32. The van der Waals surface area contributed by atoms with Crippen LogP contribution in [0.15, 0.2) is 65.4 Å². The molecule has 2 unspecified atom stereocenters. The van der Waals surface area contributed by atoms with Crippen LogP contribution in [-0.4, -0.2) is 47.6 Å². The van der Waals surface area contributed by atoms with E-state index < -0.39 is 24.6 Å². The summed E-state index contributed by atoms with van der Waals surface area (Å²) < 4.78 is 5.76. The Morgan fingerprint density at radius 1 is 1.18 bits per heavy atom. The number of urea groups is 2. The second-order valence-corrected chi connectivity index (χ2v) is 7.68. The fourth-order valence-electron chi connectivity index (χ4n) is 3.19. The molecule has 0 aromatic heterocycles. The van der Waals surface area contributed by atoms with E-state index >= 15 is 0 Å². The number of aliphatic imine (C=N–C) groups is 1. The number of hydrogen-bond acceptors (Lipinski definition) is 7. The van der Waals surface area contributed by atoms with E-state index in [4.69, 9.17) is 21.6 Å². The van der Waals surface area contributed by atoms with Crippen molar-refractivity contribution >= 4 is 35.6 Å². The van der Waals surface area contributed by atoms with Crippen molar-refractivity contribution in [2.24, 2.45) is 4.99 Å². The van der Waals surface area contributed by atoms with Gasteiger partial charge in [0.05, 0.1) is 12.8 Å². The average molecular weight is 466 g/mol. The number of benzene rings is 2. The SMILES string of the molecule is CN1C(=O)NC(Nc2ccc(OC3C=NC(C#N)=CN3)cc2)N(Cc2ccc(Cl)cc2)C1=O. The predicted octanol–water partition coefficient (Wildman–Crippen LogP) is 3.06. The van der Waals surface area contributed by atoms with E-state index in [9.17, 15) is 9.59 Å². The van der Waals surface area contributed by atoms with Gasteiger partial charge in [-0.2, -0.15) is 5.26 Å². The Bertz CT molecular complexity index is 1140. The molecule has 3 N–H and O–H groups in total. The van der Waals surface area contributed by atoms with Gasteiger partial charge in [0.1, 0.15) is 11.8 Å². The zero-order chi connectivity index (χ0) is 23.4. The lowest BCUT2D eigenvalue weighted by Gasteiger charge is -2.40. The molecule has 11 heteroatoms. The Morgan fingerprint density at radius 2 is 1.91 bits per heavy atom. The van der Waals surface area contributed by atoms with Crippen molar-refractivity contribution in [1.82, 2.24) is 20.4 Å².